The molecule has 27 heavy (non-hydrogen) atoms. The third-order valence-corrected chi connectivity index (χ3v) is 6.23. The molecule has 0 aromatic heterocycles. The number of carbonyl (C=O) groups is 1. The molecule has 3 heteroatoms. The summed E-state index contributed by atoms with van der Waals surface area (Å²) < 4.78 is 0. The lowest BCUT2D eigenvalue weighted by atomic mass is 9.89. The predicted octanol–water partition coefficient (Wildman–Crippen LogP) is 4.30. The van der Waals surface area contributed by atoms with Crippen LogP contribution in [0.3, 0.4) is 0 Å². The number of carbonyl (C=O) groups excluding carboxylic acids is 1. The van der Waals surface area contributed by atoms with Crippen molar-refractivity contribution in [1.29, 1.82) is 0 Å². The zero-order valence-corrected chi connectivity index (χ0v) is 16.1. The first-order valence-corrected chi connectivity index (χ1v) is 10.5. The third kappa shape index (κ3) is 4.24. The molecule has 1 heterocycles. The molecule has 0 N–H and O–H groups in total. The largest absolute Gasteiger partial charge is 0.339 e. The molecule has 1 aliphatic heterocycles. The van der Waals surface area contributed by atoms with E-state index >= 15 is 0 Å². The van der Waals surface area contributed by atoms with E-state index in [4.69, 9.17) is 0 Å². The number of hydrogen-bond donors (Lipinski definition) is 0. The fourth-order valence-corrected chi connectivity index (χ4v) is 4.70. The summed E-state index contributed by atoms with van der Waals surface area (Å²) in [6.45, 7) is 3.75. The smallest absolute Gasteiger partial charge is 0.234 e. The molecule has 2 fully saturated rings. The number of hydrogen-bond acceptors (Lipinski definition) is 2. The Kier molecular flexibility index (Phi) is 5.88. The Morgan fingerprint density at radius 1 is 0.741 bits per heavy atom. The summed E-state index contributed by atoms with van der Waals surface area (Å²) in [6.07, 6.45) is 6.81. The van der Waals surface area contributed by atoms with Crippen LogP contribution in [0.25, 0.3) is 0 Å². The van der Waals surface area contributed by atoms with Crippen LogP contribution in [0.2, 0.25) is 0 Å². The van der Waals surface area contributed by atoms with Crippen LogP contribution in [0.5, 0.6) is 0 Å². The maximum Gasteiger partial charge on any atom is 0.234 e. The van der Waals surface area contributed by atoms with Gasteiger partial charge in [-0.1, -0.05) is 79.9 Å². The molecule has 0 unspecified atom stereocenters. The maximum absolute atomic E-state index is 13.5. The van der Waals surface area contributed by atoms with E-state index in [2.05, 4.69) is 34.1 Å². The van der Waals surface area contributed by atoms with Gasteiger partial charge in [-0.15, -0.1) is 0 Å². The van der Waals surface area contributed by atoms with Gasteiger partial charge in [0.2, 0.25) is 5.91 Å². The highest BCUT2D eigenvalue weighted by Crippen LogP contribution is 2.28. The van der Waals surface area contributed by atoms with Crippen molar-refractivity contribution in [2.75, 3.05) is 26.2 Å². The van der Waals surface area contributed by atoms with Crippen LogP contribution in [0.4, 0.5) is 0 Å². The van der Waals surface area contributed by atoms with Crippen LogP contribution in [0, 0.1) is 0 Å². The van der Waals surface area contributed by atoms with Gasteiger partial charge < -0.3 is 4.90 Å². The predicted molar refractivity (Wildman–Crippen MR) is 110 cm³/mol. The second kappa shape index (κ2) is 8.71. The Bertz CT molecular complexity index is 677. The molecule has 3 nitrogen and oxygen atoms in total. The Morgan fingerprint density at radius 2 is 1.26 bits per heavy atom. The molecule has 0 bridgehead atoms. The first-order chi connectivity index (χ1) is 13.3. The third-order valence-electron chi connectivity index (χ3n) is 6.23. The van der Waals surface area contributed by atoms with Gasteiger partial charge in [0.15, 0.2) is 0 Å². The summed E-state index contributed by atoms with van der Waals surface area (Å²) >= 11 is 0. The number of amides is 1. The lowest BCUT2D eigenvalue weighted by Gasteiger charge is -2.41. The minimum atomic E-state index is -0.200. The van der Waals surface area contributed by atoms with Crippen molar-refractivity contribution in [3.8, 4) is 0 Å². The van der Waals surface area contributed by atoms with Crippen molar-refractivity contribution in [2.45, 2.75) is 44.1 Å². The first kappa shape index (κ1) is 18.2. The Balaban J connectivity index is 1.48. The topological polar surface area (TPSA) is 23.6 Å². The van der Waals surface area contributed by atoms with Gasteiger partial charge in [0.1, 0.15) is 0 Å². The van der Waals surface area contributed by atoms with E-state index in [1.807, 2.05) is 36.4 Å². The summed E-state index contributed by atoms with van der Waals surface area (Å²) in [4.78, 5) is 18.2. The SMILES string of the molecule is O=C(C(c1ccccc1)c1ccccc1)N1CCN(C2CCCCC2)CC1. The van der Waals surface area contributed by atoms with Gasteiger partial charge in [-0.05, 0) is 24.0 Å². The molecule has 1 amide bonds. The van der Waals surface area contributed by atoms with Crippen molar-refractivity contribution in [3.63, 3.8) is 0 Å². The first-order valence-electron chi connectivity index (χ1n) is 10.5. The lowest BCUT2D eigenvalue weighted by Crippen LogP contribution is -2.53. The summed E-state index contributed by atoms with van der Waals surface area (Å²) in [6, 6.07) is 21.2. The highest BCUT2D eigenvalue weighted by molar-refractivity contribution is 5.87. The van der Waals surface area contributed by atoms with Crippen LogP contribution in [-0.4, -0.2) is 47.9 Å². The van der Waals surface area contributed by atoms with Gasteiger partial charge in [-0.3, -0.25) is 9.69 Å². The van der Waals surface area contributed by atoms with Gasteiger partial charge in [-0.2, -0.15) is 0 Å². The van der Waals surface area contributed by atoms with Gasteiger partial charge >= 0.3 is 0 Å². The number of nitrogens with zero attached hydrogens (tertiary/aromatic N) is 2. The molecule has 2 aliphatic rings. The highest BCUT2D eigenvalue weighted by Gasteiger charge is 2.31. The van der Waals surface area contributed by atoms with E-state index in [1.165, 1.54) is 32.1 Å². The molecular weight excluding hydrogens is 332 g/mol. The van der Waals surface area contributed by atoms with E-state index in [9.17, 15) is 4.79 Å². The van der Waals surface area contributed by atoms with Crippen molar-refractivity contribution in [2.24, 2.45) is 0 Å². The molecule has 4 rings (SSSR count). The number of rotatable bonds is 4. The molecular formula is C24H30N2O. The fourth-order valence-electron chi connectivity index (χ4n) is 4.70. The molecule has 2 aromatic rings. The Labute approximate surface area is 163 Å². The number of benzene rings is 2. The minimum Gasteiger partial charge on any atom is -0.339 e. The van der Waals surface area contributed by atoms with Gasteiger partial charge in [0, 0.05) is 32.2 Å². The van der Waals surface area contributed by atoms with Crippen LogP contribution in [0.1, 0.15) is 49.1 Å². The van der Waals surface area contributed by atoms with Gasteiger partial charge in [0.25, 0.3) is 0 Å². The lowest BCUT2D eigenvalue weighted by molar-refractivity contribution is -0.134. The Hall–Kier alpha value is -2.13. The fraction of sp³-hybridized carbons (Fsp3) is 0.458. The van der Waals surface area contributed by atoms with Crippen LogP contribution in [-0.2, 0) is 4.79 Å². The van der Waals surface area contributed by atoms with E-state index in [-0.39, 0.29) is 11.8 Å². The molecule has 1 aliphatic carbocycles. The molecule has 142 valence electrons. The van der Waals surface area contributed by atoms with Gasteiger partial charge in [-0.25, -0.2) is 0 Å². The molecule has 0 radical (unpaired) electrons. The maximum atomic E-state index is 13.5. The standard InChI is InChI=1S/C24H30N2O/c27-24(26-18-16-25(17-19-26)22-14-8-3-9-15-22)23(20-10-4-1-5-11-20)21-12-6-2-7-13-21/h1-2,4-7,10-13,22-23H,3,8-9,14-19H2. The molecule has 0 spiro atoms. The monoisotopic (exact) mass is 362 g/mol. The van der Waals surface area contributed by atoms with Gasteiger partial charge in [0.05, 0.1) is 5.92 Å². The number of piperazine rings is 1. The van der Waals surface area contributed by atoms with Crippen LogP contribution < -0.4 is 0 Å². The molecule has 0 atom stereocenters. The second-order valence-electron chi connectivity index (χ2n) is 7.91. The second-order valence-corrected chi connectivity index (χ2v) is 7.91. The average molecular weight is 363 g/mol. The average Bonchev–Trinajstić information content (AvgIpc) is 2.76. The molecule has 2 aromatic carbocycles. The van der Waals surface area contributed by atoms with Crippen molar-refractivity contribution in [1.82, 2.24) is 9.80 Å². The van der Waals surface area contributed by atoms with Crippen molar-refractivity contribution in [3.05, 3.63) is 71.8 Å². The summed E-state index contributed by atoms with van der Waals surface area (Å²) in [5.41, 5.74) is 2.17. The summed E-state index contributed by atoms with van der Waals surface area (Å²) in [7, 11) is 0. The van der Waals surface area contributed by atoms with Crippen LogP contribution in [0.15, 0.2) is 60.7 Å². The van der Waals surface area contributed by atoms with E-state index < -0.39 is 0 Å². The normalized spacial score (nSPS) is 19.4. The van der Waals surface area contributed by atoms with E-state index in [0.29, 0.717) is 0 Å². The van der Waals surface area contributed by atoms with Crippen molar-refractivity contribution < 1.29 is 4.79 Å². The molecule has 1 saturated carbocycles. The minimum absolute atomic E-state index is 0.200. The summed E-state index contributed by atoms with van der Waals surface area (Å²) in [5.74, 6) is 0.0457. The highest BCUT2D eigenvalue weighted by atomic mass is 16.2. The van der Waals surface area contributed by atoms with E-state index in [1.54, 1.807) is 0 Å². The zero-order valence-electron chi connectivity index (χ0n) is 16.1. The quantitative estimate of drug-likeness (QED) is 0.810. The van der Waals surface area contributed by atoms with Crippen LogP contribution >= 0.6 is 0 Å². The summed E-state index contributed by atoms with van der Waals surface area (Å²) in [5, 5.41) is 0. The molecule has 1 saturated heterocycles. The van der Waals surface area contributed by atoms with Crippen molar-refractivity contribution >= 4 is 5.91 Å². The zero-order chi connectivity index (χ0) is 18.5. The Morgan fingerprint density at radius 3 is 1.78 bits per heavy atom. The van der Waals surface area contributed by atoms with E-state index in [0.717, 1.165) is 43.3 Å².